The standard InChI is InChI=1S/C12H23O3P/c1-2-16(13,14-11-7-3-4-8-11)15-12-9-5-6-10-12/h11-12H,2-10H2,1H3. The lowest BCUT2D eigenvalue weighted by molar-refractivity contribution is 0.118. The first kappa shape index (κ1) is 12.6. The van der Waals surface area contributed by atoms with Gasteiger partial charge in [-0.05, 0) is 25.7 Å². The highest BCUT2D eigenvalue weighted by Gasteiger charge is 2.32. The van der Waals surface area contributed by atoms with Gasteiger partial charge in [0, 0.05) is 6.16 Å². The second-order valence-corrected chi connectivity index (χ2v) is 7.23. The maximum atomic E-state index is 12.4. The molecule has 0 N–H and O–H groups in total. The fourth-order valence-corrected chi connectivity index (χ4v) is 4.29. The van der Waals surface area contributed by atoms with Crippen LogP contribution < -0.4 is 0 Å². The fraction of sp³-hybridized carbons (Fsp3) is 1.00. The molecule has 0 aromatic rings. The summed E-state index contributed by atoms with van der Waals surface area (Å²) < 4.78 is 23.9. The van der Waals surface area contributed by atoms with Gasteiger partial charge >= 0.3 is 7.60 Å². The zero-order valence-electron chi connectivity index (χ0n) is 10.2. The predicted octanol–water partition coefficient (Wildman–Crippen LogP) is 4.12. The highest BCUT2D eigenvalue weighted by atomic mass is 31.2. The Morgan fingerprint density at radius 2 is 1.31 bits per heavy atom. The third-order valence-corrected chi connectivity index (χ3v) is 5.62. The highest BCUT2D eigenvalue weighted by Crippen LogP contribution is 2.53. The maximum absolute atomic E-state index is 12.4. The van der Waals surface area contributed by atoms with Gasteiger partial charge in [0.15, 0.2) is 0 Å². The lowest BCUT2D eigenvalue weighted by atomic mass is 10.3. The van der Waals surface area contributed by atoms with Gasteiger partial charge in [0.1, 0.15) is 0 Å². The molecule has 0 bridgehead atoms. The molecule has 0 radical (unpaired) electrons. The van der Waals surface area contributed by atoms with Crippen molar-refractivity contribution >= 4 is 7.60 Å². The van der Waals surface area contributed by atoms with Crippen LogP contribution in [0.2, 0.25) is 0 Å². The van der Waals surface area contributed by atoms with E-state index >= 15 is 0 Å². The predicted molar refractivity (Wildman–Crippen MR) is 64.8 cm³/mol. The molecule has 0 unspecified atom stereocenters. The summed E-state index contributed by atoms with van der Waals surface area (Å²) in [6.45, 7) is 1.91. The molecule has 2 aliphatic rings. The Morgan fingerprint density at radius 1 is 0.938 bits per heavy atom. The van der Waals surface area contributed by atoms with E-state index in [-0.39, 0.29) is 12.2 Å². The summed E-state index contributed by atoms with van der Waals surface area (Å²) >= 11 is 0. The zero-order valence-corrected chi connectivity index (χ0v) is 11.1. The van der Waals surface area contributed by atoms with Crippen LogP contribution in [0.1, 0.15) is 58.3 Å². The molecule has 2 fully saturated rings. The van der Waals surface area contributed by atoms with Crippen LogP contribution in [-0.2, 0) is 13.6 Å². The summed E-state index contributed by atoms with van der Waals surface area (Å²) in [5, 5.41) is 0. The van der Waals surface area contributed by atoms with E-state index in [1.54, 1.807) is 0 Å². The summed E-state index contributed by atoms with van der Waals surface area (Å²) in [5.41, 5.74) is 0. The minimum atomic E-state index is -2.80. The average Bonchev–Trinajstić information content (AvgIpc) is 2.91. The number of hydrogen-bond acceptors (Lipinski definition) is 3. The van der Waals surface area contributed by atoms with E-state index in [0.29, 0.717) is 6.16 Å². The van der Waals surface area contributed by atoms with Crippen LogP contribution in [0.4, 0.5) is 0 Å². The molecule has 0 aromatic heterocycles. The van der Waals surface area contributed by atoms with Crippen LogP contribution in [0, 0.1) is 0 Å². The van der Waals surface area contributed by atoms with Crippen molar-refractivity contribution in [2.75, 3.05) is 6.16 Å². The molecule has 0 atom stereocenters. The second-order valence-electron chi connectivity index (χ2n) is 4.95. The lowest BCUT2D eigenvalue weighted by Crippen LogP contribution is -2.13. The summed E-state index contributed by atoms with van der Waals surface area (Å²) in [5.74, 6) is 0. The maximum Gasteiger partial charge on any atom is 0.330 e. The SMILES string of the molecule is CCP(=O)(OC1CCCC1)OC1CCCC1. The molecular weight excluding hydrogens is 223 g/mol. The molecule has 2 aliphatic carbocycles. The molecule has 0 spiro atoms. The van der Waals surface area contributed by atoms with Gasteiger partial charge in [0.2, 0.25) is 0 Å². The van der Waals surface area contributed by atoms with Crippen molar-refractivity contribution in [1.82, 2.24) is 0 Å². The Balaban J connectivity index is 1.86. The first-order valence-corrected chi connectivity index (χ1v) is 8.40. The Labute approximate surface area is 98.4 Å². The largest absolute Gasteiger partial charge is 0.330 e. The van der Waals surface area contributed by atoms with E-state index < -0.39 is 7.60 Å². The van der Waals surface area contributed by atoms with Crippen LogP contribution in [-0.4, -0.2) is 18.4 Å². The average molecular weight is 246 g/mol. The minimum Gasteiger partial charge on any atom is -0.305 e. The first-order chi connectivity index (χ1) is 7.72. The van der Waals surface area contributed by atoms with Crippen molar-refractivity contribution in [3.05, 3.63) is 0 Å². The van der Waals surface area contributed by atoms with Gasteiger partial charge in [-0.15, -0.1) is 0 Å². The molecule has 94 valence electrons. The van der Waals surface area contributed by atoms with Gasteiger partial charge in [0.05, 0.1) is 12.2 Å². The van der Waals surface area contributed by atoms with Crippen LogP contribution in [0.3, 0.4) is 0 Å². The van der Waals surface area contributed by atoms with E-state index in [1.165, 1.54) is 25.7 Å². The summed E-state index contributed by atoms with van der Waals surface area (Å²) in [6.07, 6.45) is 9.93. The van der Waals surface area contributed by atoms with Crippen LogP contribution >= 0.6 is 7.60 Å². The number of rotatable bonds is 5. The topological polar surface area (TPSA) is 35.5 Å². The van der Waals surface area contributed by atoms with Crippen LogP contribution in [0.15, 0.2) is 0 Å². The van der Waals surface area contributed by atoms with E-state index in [2.05, 4.69) is 0 Å². The summed E-state index contributed by atoms with van der Waals surface area (Å²) in [6, 6.07) is 0. The van der Waals surface area contributed by atoms with Crippen molar-refractivity contribution in [1.29, 1.82) is 0 Å². The Kier molecular flexibility index (Phi) is 4.46. The Hall–Kier alpha value is 0.150. The van der Waals surface area contributed by atoms with Gasteiger partial charge in [-0.1, -0.05) is 32.6 Å². The third-order valence-electron chi connectivity index (χ3n) is 3.61. The third kappa shape index (κ3) is 3.32. The first-order valence-electron chi connectivity index (χ1n) is 6.68. The van der Waals surface area contributed by atoms with Crippen molar-refractivity contribution in [2.24, 2.45) is 0 Å². The molecule has 0 amide bonds. The summed E-state index contributed by atoms with van der Waals surface area (Å²) in [4.78, 5) is 0. The van der Waals surface area contributed by atoms with Crippen molar-refractivity contribution in [3.63, 3.8) is 0 Å². The van der Waals surface area contributed by atoms with Crippen molar-refractivity contribution < 1.29 is 13.6 Å². The Bertz CT molecular complexity index is 233. The molecule has 0 aromatic carbocycles. The fourth-order valence-electron chi connectivity index (χ4n) is 2.62. The molecule has 2 saturated carbocycles. The molecular formula is C12H23O3P. The van der Waals surface area contributed by atoms with E-state index in [1.807, 2.05) is 6.92 Å². The molecule has 0 heterocycles. The highest BCUT2D eigenvalue weighted by molar-refractivity contribution is 7.53. The van der Waals surface area contributed by atoms with Crippen LogP contribution in [0.5, 0.6) is 0 Å². The van der Waals surface area contributed by atoms with Crippen LogP contribution in [0.25, 0.3) is 0 Å². The molecule has 4 heteroatoms. The van der Waals surface area contributed by atoms with E-state index in [9.17, 15) is 4.57 Å². The number of hydrogen-bond donors (Lipinski definition) is 0. The zero-order chi connectivity index (χ0) is 11.4. The van der Waals surface area contributed by atoms with Gasteiger partial charge in [0.25, 0.3) is 0 Å². The Morgan fingerprint density at radius 3 is 1.62 bits per heavy atom. The molecule has 3 nitrogen and oxygen atoms in total. The van der Waals surface area contributed by atoms with Gasteiger partial charge < -0.3 is 9.05 Å². The molecule has 0 saturated heterocycles. The lowest BCUT2D eigenvalue weighted by Gasteiger charge is -2.24. The van der Waals surface area contributed by atoms with Gasteiger partial charge in [-0.25, -0.2) is 0 Å². The van der Waals surface area contributed by atoms with Crippen molar-refractivity contribution in [3.8, 4) is 0 Å². The van der Waals surface area contributed by atoms with Crippen molar-refractivity contribution in [2.45, 2.75) is 70.5 Å². The second kappa shape index (κ2) is 5.66. The minimum absolute atomic E-state index is 0.187. The quantitative estimate of drug-likeness (QED) is 0.684. The van der Waals surface area contributed by atoms with E-state index in [0.717, 1.165) is 25.7 Å². The molecule has 16 heavy (non-hydrogen) atoms. The molecule has 0 aliphatic heterocycles. The van der Waals surface area contributed by atoms with E-state index in [4.69, 9.17) is 9.05 Å². The monoisotopic (exact) mass is 246 g/mol. The smallest absolute Gasteiger partial charge is 0.305 e. The van der Waals surface area contributed by atoms with Gasteiger partial charge in [-0.3, -0.25) is 4.57 Å². The van der Waals surface area contributed by atoms with Gasteiger partial charge in [-0.2, -0.15) is 0 Å². The summed E-state index contributed by atoms with van der Waals surface area (Å²) in [7, 11) is -2.80. The molecule has 2 rings (SSSR count). The normalized spacial score (nSPS) is 24.3.